The van der Waals surface area contributed by atoms with Crippen molar-refractivity contribution in [2.75, 3.05) is 13.1 Å². The van der Waals surface area contributed by atoms with Gasteiger partial charge in [0.2, 0.25) is 5.91 Å². The second-order valence-corrected chi connectivity index (χ2v) is 6.98. The summed E-state index contributed by atoms with van der Waals surface area (Å²) in [4.78, 5) is 13.8. The van der Waals surface area contributed by atoms with E-state index in [0.29, 0.717) is 11.4 Å². The van der Waals surface area contributed by atoms with Crippen LogP contribution in [0.3, 0.4) is 0 Å². The van der Waals surface area contributed by atoms with Crippen molar-refractivity contribution in [3.05, 3.63) is 34.8 Å². The van der Waals surface area contributed by atoms with Gasteiger partial charge < -0.3 is 4.90 Å². The van der Waals surface area contributed by atoms with E-state index in [2.05, 4.69) is 10.2 Å². The maximum atomic E-state index is 13.9. The maximum absolute atomic E-state index is 13.9. The van der Waals surface area contributed by atoms with Crippen molar-refractivity contribution in [2.24, 2.45) is 0 Å². The van der Waals surface area contributed by atoms with Crippen molar-refractivity contribution in [1.29, 1.82) is 0 Å². The van der Waals surface area contributed by atoms with Crippen LogP contribution in [0.1, 0.15) is 43.5 Å². The van der Waals surface area contributed by atoms with Crippen molar-refractivity contribution in [2.45, 2.75) is 38.5 Å². The third-order valence-electron chi connectivity index (χ3n) is 4.26. The molecule has 1 amide bonds. The first kappa shape index (κ1) is 17.0. The average Bonchev–Trinajstić information content (AvgIpc) is 3.05. The Hall–Kier alpha value is -1.89. The number of amides is 1. The highest BCUT2D eigenvalue weighted by atomic mass is 32.1. The molecule has 1 aromatic heterocycles. The van der Waals surface area contributed by atoms with E-state index in [1.54, 1.807) is 0 Å². The Balaban J connectivity index is 1.67. The molecule has 0 radical (unpaired) electrons. The predicted molar refractivity (Wildman–Crippen MR) is 88.7 cm³/mol. The van der Waals surface area contributed by atoms with E-state index in [0.717, 1.165) is 43.4 Å². The summed E-state index contributed by atoms with van der Waals surface area (Å²) in [6, 6.07) is 3.46. The van der Waals surface area contributed by atoms with Gasteiger partial charge >= 0.3 is 0 Å². The zero-order valence-corrected chi connectivity index (χ0v) is 14.3. The van der Waals surface area contributed by atoms with Gasteiger partial charge in [-0.25, -0.2) is 8.78 Å². The number of rotatable bonds is 4. The quantitative estimate of drug-likeness (QED) is 0.837. The zero-order valence-electron chi connectivity index (χ0n) is 13.5. The van der Waals surface area contributed by atoms with Gasteiger partial charge in [0.05, 0.1) is 0 Å². The van der Waals surface area contributed by atoms with Crippen molar-refractivity contribution in [1.82, 2.24) is 15.1 Å². The fourth-order valence-electron chi connectivity index (χ4n) is 2.92. The molecular weight excluding hydrogens is 332 g/mol. The Morgan fingerprint density at radius 1 is 1.29 bits per heavy atom. The van der Waals surface area contributed by atoms with E-state index in [-0.39, 0.29) is 17.4 Å². The van der Waals surface area contributed by atoms with Crippen LogP contribution in [0.5, 0.6) is 0 Å². The lowest BCUT2D eigenvalue weighted by molar-refractivity contribution is -0.132. The molecule has 0 aliphatic carbocycles. The standard InChI is InChI=1S/C17H19F2N3OS/c1-2-3-15(23)22-8-6-11(7-9-22)16-20-21-17(24-16)13-5-4-12(18)10-14(13)19/h4-5,10-11H,2-3,6-9H2,1H3. The molecule has 0 atom stereocenters. The van der Waals surface area contributed by atoms with Crippen LogP contribution in [0.4, 0.5) is 8.78 Å². The number of carbonyl (C=O) groups excluding carboxylic acids is 1. The van der Waals surface area contributed by atoms with Crippen molar-refractivity contribution >= 4 is 17.2 Å². The number of hydrogen-bond donors (Lipinski definition) is 0. The lowest BCUT2D eigenvalue weighted by Gasteiger charge is -2.30. The molecule has 2 heterocycles. The van der Waals surface area contributed by atoms with Gasteiger partial charge in [0.1, 0.15) is 16.6 Å². The highest BCUT2D eigenvalue weighted by Gasteiger charge is 2.26. The van der Waals surface area contributed by atoms with Crippen molar-refractivity contribution in [3.63, 3.8) is 0 Å². The summed E-state index contributed by atoms with van der Waals surface area (Å²) in [5, 5.41) is 9.57. The largest absolute Gasteiger partial charge is 0.343 e. The Bertz CT molecular complexity index is 726. The smallest absolute Gasteiger partial charge is 0.222 e. The normalized spacial score (nSPS) is 15.7. The molecule has 4 nitrogen and oxygen atoms in total. The molecule has 1 aliphatic rings. The molecule has 0 saturated carbocycles. The lowest BCUT2D eigenvalue weighted by atomic mass is 9.97. The summed E-state index contributed by atoms with van der Waals surface area (Å²) < 4.78 is 26.9. The maximum Gasteiger partial charge on any atom is 0.222 e. The minimum Gasteiger partial charge on any atom is -0.343 e. The molecule has 0 spiro atoms. The number of carbonyl (C=O) groups is 1. The second kappa shape index (κ2) is 7.34. The minimum absolute atomic E-state index is 0.210. The SMILES string of the molecule is CCCC(=O)N1CCC(c2nnc(-c3ccc(F)cc3F)s2)CC1. The number of benzene rings is 1. The van der Waals surface area contributed by atoms with Gasteiger partial charge in [-0.15, -0.1) is 10.2 Å². The second-order valence-electron chi connectivity index (χ2n) is 5.97. The predicted octanol–water partition coefficient (Wildman–Crippen LogP) is 3.99. The zero-order chi connectivity index (χ0) is 17.1. The summed E-state index contributed by atoms with van der Waals surface area (Å²) in [5.41, 5.74) is 0.274. The number of piperidine rings is 1. The molecule has 2 aromatic rings. The topological polar surface area (TPSA) is 46.1 Å². The van der Waals surface area contributed by atoms with Gasteiger partial charge in [-0.3, -0.25) is 4.79 Å². The van der Waals surface area contributed by atoms with E-state index < -0.39 is 11.6 Å². The van der Waals surface area contributed by atoms with E-state index in [1.165, 1.54) is 23.5 Å². The highest BCUT2D eigenvalue weighted by Crippen LogP contribution is 2.34. The summed E-state index contributed by atoms with van der Waals surface area (Å²) in [5.74, 6) is -0.782. The van der Waals surface area contributed by atoms with Crippen molar-refractivity contribution in [3.8, 4) is 10.6 Å². The van der Waals surface area contributed by atoms with Crippen LogP contribution in [0.15, 0.2) is 18.2 Å². The highest BCUT2D eigenvalue weighted by molar-refractivity contribution is 7.14. The Morgan fingerprint density at radius 3 is 2.71 bits per heavy atom. The van der Waals surface area contributed by atoms with Crippen LogP contribution in [0.2, 0.25) is 0 Å². The van der Waals surface area contributed by atoms with E-state index in [1.807, 2.05) is 11.8 Å². The Kier molecular flexibility index (Phi) is 5.18. The van der Waals surface area contributed by atoms with Gasteiger partial charge in [-0.1, -0.05) is 18.3 Å². The third-order valence-corrected chi connectivity index (χ3v) is 5.38. The number of halogens is 2. The molecule has 0 unspecified atom stereocenters. The first-order chi connectivity index (χ1) is 11.6. The molecule has 1 aromatic carbocycles. The van der Waals surface area contributed by atoms with Crippen LogP contribution < -0.4 is 0 Å². The summed E-state index contributed by atoms with van der Waals surface area (Å²) >= 11 is 1.34. The molecule has 0 bridgehead atoms. The van der Waals surface area contributed by atoms with Crippen LogP contribution in [0, 0.1) is 11.6 Å². The fraction of sp³-hybridized carbons (Fsp3) is 0.471. The molecule has 128 valence electrons. The molecular formula is C17H19F2N3OS. The number of hydrogen-bond acceptors (Lipinski definition) is 4. The molecule has 3 rings (SSSR count). The fourth-order valence-corrected chi connectivity index (χ4v) is 3.96. The Morgan fingerprint density at radius 2 is 2.04 bits per heavy atom. The first-order valence-electron chi connectivity index (χ1n) is 8.15. The summed E-state index contributed by atoms with van der Waals surface area (Å²) in [7, 11) is 0. The van der Waals surface area contributed by atoms with Crippen LogP contribution >= 0.6 is 11.3 Å². The van der Waals surface area contributed by atoms with E-state index in [9.17, 15) is 13.6 Å². The van der Waals surface area contributed by atoms with E-state index in [4.69, 9.17) is 0 Å². The average molecular weight is 351 g/mol. The lowest BCUT2D eigenvalue weighted by Crippen LogP contribution is -2.37. The van der Waals surface area contributed by atoms with Gasteiger partial charge in [0.25, 0.3) is 0 Å². The third kappa shape index (κ3) is 3.61. The van der Waals surface area contributed by atoms with Crippen molar-refractivity contribution < 1.29 is 13.6 Å². The van der Waals surface area contributed by atoms with Crippen LogP contribution in [-0.2, 0) is 4.79 Å². The van der Waals surface area contributed by atoms with Crippen LogP contribution in [0.25, 0.3) is 10.6 Å². The van der Waals surface area contributed by atoms with Gasteiger partial charge in [-0.05, 0) is 31.4 Å². The monoisotopic (exact) mass is 351 g/mol. The van der Waals surface area contributed by atoms with Gasteiger partial charge in [0, 0.05) is 37.1 Å². The minimum atomic E-state index is -0.627. The van der Waals surface area contributed by atoms with E-state index >= 15 is 0 Å². The summed E-state index contributed by atoms with van der Waals surface area (Å²) in [6.45, 7) is 3.45. The number of aromatic nitrogens is 2. The molecule has 0 N–H and O–H groups in total. The molecule has 1 fully saturated rings. The number of nitrogens with zero attached hydrogens (tertiary/aromatic N) is 3. The molecule has 1 saturated heterocycles. The Labute approximate surface area is 143 Å². The first-order valence-corrected chi connectivity index (χ1v) is 8.96. The van der Waals surface area contributed by atoms with Crippen LogP contribution in [-0.4, -0.2) is 34.1 Å². The molecule has 24 heavy (non-hydrogen) atoms. The van der Waals surface area contributed by atoms with Gasteiger partial charge in [-0.2, -0.15) is 0 Å². The number of likely N-dealkylation sites (tertiary alicyclic amines) is 1. The van der Waals surface area contributed by atoms with Gasteiger partial charge in [0.15, 0.2) is 5.01 Å². The summed E-state index contributed by atoms with van der Waals surface area (Å²) in [6.07, 6.45) is 3.14. The molecule has 7 heteroatoms. The molecule has 1 aliphatic heterocycles.